The molecule has 0 aromatic heterocycles. The Morgan fingerprint density at radius 3 is 2.27 bits per heavy atom. The highest BCUT2D eigenvalue weighted by Gasteiger charge is 2.22. The fraction of sp³-hybridized carbons (Fsp3) is 0.278. The predicted molar refractivity (Wildman–Crippen MR) is 88.9 cm³/mol. The molecule has 4 heteroatoms. The Kier molecular flexibility index (Phi) is 5.10. The van der Waals surface area contributed by atoms with E-state index >= 15 is 0 Å². The first kappa shape index (κ1) is 16.4. The summed E-state index contributed by atoms with van der Waals surface area (Å²) in [4.78, 5) is 13.1. The summed E-state index contributed by atoms with van der Waals surface area (Å²) in [5, 5.41) is 0.454. The topological polar surface area (TPSA) is 43.4 Å². The Morgan fingerprint density at radius 1 is 1.09 bits per heavy atom. The van der Waals surface area contributed by atoms with E-state index in [9.17, 15) is 9.36 Å². The van der Waals surface area contributed by atoms with E-state index in [-0.39, 0.29) is 14.2 Å². The molecule has 0 unspecified atom stereocenters. The van der Waals surface area contributed by atoms with Gasteiger partial charge in [0, 0.05) is 5.56 Å². The molecule has 0 radical (unpaired) electrons. The summed E-state index contributed by atoms with van der Waals surface area (Å²) in [6.07, 6.45) is 0. The maximum atomic E-state index is 13.1. The molecule has 0 heterocycles. The number of carbonyl (C=O) groups is 1. The first-order chi connectivity index (χ1) is 10.5. The third-order valence-corrected chi connectivity index (χ3v) is 4.10. The summed E-state index contributed by atoms with van der Waals surface area (Å²) >= 11 is 0. The molecule has 0 fully saturated rings. The van der Waals surface area contributed by atoms with Crippen molar-refractivity contribution in [3.05, 3.63) is 58.1 Å². The molecule has 2 rings (SSSR count). The van der Waals surface area contributed by atoms with Gasteiger partial charge in [-0.15, -0.1) is 0 Å². The molecule has 0 aliphatic rings. The van der Waals surface area contributed by atoms with Crippen molar-refractivity contribution >= 4 is 19.5 Å². The van der Waals surface area contributed by atoms with E-state index in [2.05, 4.69) is 0 Å². The molecular formula is C18H19O3P. The normalized spacial score (nSPS) is 10.7. The zero-order chi connectivity index (χ0) is 16.3. The molecule has 0 aliphatic carbocycles. The highest BCUT2D eigenvalue weighted by molar-refractivity contribution is 7.34. The van der Waals surface area contributed by atoms with Gasteiger partial charge in [-0.25, -0.2) is 0 Å². The van der Waals surface area contributed by atoms with Gasteiger partial charge < -0.3 is 4.74 Å². The maximum Gasteiger partial charge on any atom is 0.198 e. The quantitative estimate of drug-likeness (QED) is 0.615. The molecule has 0 saturated carbocycles. The minimum Gasteiger partial charge on any atom is -0.493 e. The number of aryl methyl sites for hydroxylation is 3. The average molecular weight is 314 g/mol. The summed E-state index contributed by atoms with van der Waals surface area (Å²) < 4.78 is 17.0. The lowest BCUT2D eigenvalue weighted by molar-refractivity contribution is 0.103. The van der Waals surface area contributed by atoms with Crippen LogP contribution in [0.5, 0.6) is 5.75 Å². The number of hydrogen-bond acceptors (Lipinski definition) is 3. The second kappa shape index (κ2) is 6.85. The molecule has 0 saturated heterocycles. The van der Waals surface area contributed by atoms with Gasteiger partial charge in [0.15, 0.2) is 14.2 Å². The van der Waals surface area contributed by atoms with Gasteiger partial charge in [-0.2, -0.15) is 0 Å². The summed E-state index contributed by atoms with van der Waals surface area (Å²) in [7, 11) is -0.185. The summed E-state index contributed by atoms with van der Waals surface area (Å²) in [6.45, 7) is 8.16. The fourth-order valence-electron chi connectivity index (χ4n) is 2.76. The minimum atomic E-state index is -0.185. The lowest BCUT2D eigenvalue weighted by Gasteiger charge is -2.14. The van der Waals surface area contributed by atoms with Crippen molar-refractivity contribution in [3.8, 4) is 5.75 Å². The van der Waals surface area contributed by atoms with Crippen LogP contribution in [0.2, 0.25) is 0 Å². The summed E-state index contributed by atoms with van der Waals surface area (Å²) in [6, 6.07) is 9.14. The van der Waals surface area contributed by atoms with E-state index in [1.807, 2.05) is 39.8 Å². The number of rotatable bonds is 5. The molecule has 0 amide bonds. The zero-order valence-electron chi connectivity index (χ0n) is 13.3. The van der Waals surface area contributed by atoms with Gasteiger partial charge in [0.1, 0.15) is 5.75 Å². The number of hydrogen-bond donors (Lipinski definition) is 0. The predicted octanol–water partition coefficient (Wildman–Crippen LogP) is 4.16. The van der Waals surface area contributed by atoms with Crippen LogP contribution in [0.25, 0.3) is 0 Å². The third-order valence-electron chi connectivity index (χ3n) is 3.53. The number of benzene rings is 2. The highest BCUT2D eigenvalue weighted by atomic mass is 31.1. The van der Waals surface area contributed by atoms with Crippen LogP contribution < -0.4 is 10.0 Å². The lowest BCUT2D eigenvalue weighted by atomic mass is 9.92. The standard InChI is InChI=1S/C18H19O3P/c1-5-21-14-7-6-8-15(22-20)17(14)18(19)16-12(3)9-11(2)10-13(16)4/h6-10H,5H2,1-4H3. The van der Waals surface area contributed by atoms with Crippen molar-refractivity contribution in [2.24, 2.45) is 0 Å². The van der Waals surface area contributed by atoms with E-state index in [0.29, 0.717) is 28.8 Å². The van der Waals surface area contributed by atoms with E-state index in [1.54, 1.807) is 18.2 Å². The Bertz CT molecular complexity index is 712. The van der Waals surface area contributed by atoms with Crippen molar-refractivity contribution < 1.29 is 14.1 Å². The summed E-state index contributed by atoms with van der Waals surface area (Å²) in [5.74, 6) is 0.338. The molecule has 22 heavy (non-hydrogen) atoms. The molecule has 114 valence electrons. The Labute approximate surface area is 132 Å². The van der Waals surface area contributed by atoms with Crippen LogP contribution in [-0.4, -0.2) is 12.4 Å². The number of ketones is 1. The van der Waals surface area contributed by atoms with Crippen molar-refractivity contribution in [1.82, 2.24) is 0 Å². The van der Waals surface area contributed by atoms with Crippen molar-refractivity contribution in [3.63, 3.8) is 0 Å². The first-order valence-corrected chi connectivity index (χ1v) is 8.02. The van der Waals surface area contributed by atoms with Crippen molar-refractivity contribution in [2.75, 3.05) is 6.61 Å². The summed E-state index contributed by atoms with van der Waals surface area (Å²) in [5.41, 5.74) is 4.00. The Balaban J connectivity index is 2.66. The average Bonchev–Trinajstić information content (AvgIpc) is 2.46. The van der Waals surface area contributed by atoms with E-state index < -0.39 is 0 Å². The van der Waals surface area contributed by atoms with Gasteiger partial charge in [0.05, 0.1) is 17.5 Å². The van der Waals surface area contributed by atoms with Gasteiger partial charge in [0.25, 0.3) is 0 Å². The zero-order valence-corrected chi connectivity index (χ0v) is 14.2. The molecule has 0 N–H and O–H groups in total. The van der Waals surface area contributed by atoms with Crippen LogP contribution in [0.3, 0.4) is 0 Å². The van der Waals surface area contributed by atoms with E-state index in [0.717, 1.165) is 16.7 Å². The second-order valence-corrected chi connectivity index (χ2v) is 5.94. The van der Waals surface area contributed by atoms with Crippen LogP contribution in [0.15, 0.2) is 30.3 Å². The van der Waals surface area contributed by atoms with Gasteiger partial charge in [0.2, 0.25) is 0 Å². The van der Waals surface area contributed by atoms with Gasteiger partial charge >= 0.3 is 0 Å². The van der Waals surface area contributed by atoms with Crippen LogP contribution in [-0.2, 0) is 4.57 Å². The molecular weight excluding hydrogens is 295 g/mol. The fourth-order valence-corrected chi connectivity index (χ4v) is 3.21. The number of ether oxygens (including phenoxy) is 1. The first-order valence-electron chi connectivity index (χ1n) is 7.21. The van der Waals surface area contributed by atoms with Crippen molar-refractivity contribution in [1.29, 1.82) is 0 Å². The van der Waals surface area contributed by atoms with Crippen LogP contribution in [0, 0.1) is 20.8 Å². The van der Waals surface area contributed by atoms with E-state index in [1.165, 1.54) is 0 Å². The highest BCUT2D eigenvalue weighted by Crippen LogP contribution is 2.26. The molecule has 0 aliphatic heterocycles. The minimum absolute atomic E-state index is 0.141. The largest absolute Gasteiger partial charge is 0.493 e. The van der Waals surface area contributed by atoms with Gasteiger partial charge in [-0.1, -0.05) is 23.8 Å². The monoisotopic (exact) mass is 314 g/mol. The Hall–Kier alpha value is -1.99. The maximum absolute atomic E-state index is 13.1. The van der Waals surface area contributed by atoms with Crippen LogP contribution in [0.1, 0.15) is 39.5 Å². The second-order valence-electron chi connectivity index (χ2n) is 5.28. The smallest absolute Gasteiger partial charge is 0.198 e. The molecule has 0 atom stereocenters. The van der Waals surface area contributed by atoms with Crippen molar-refractivity contribution in [2.45, 2.75) is 27.7 Å². The number of carbonyl (C=O) groups excluding carboxylic acids is 1. The van der Waals surface area contributed by atoms with Crippen LogP contribution >= 0.6 is 8.46 Å². The molecule has 2 aromatic rings. The van der Waals surface area contributed by atoms with Gasteiger partial charge in [-0.05, 0) is 51.0 Å². The Morgan fingerprint density at radius 2 is 1.73 bits per heavy atom. The third kappa shape index (κ3) is 3.10. The molecule has 3 nitrogen and oxygen atoms in total. The van der Waals surface area contributed by atoms with Gasteiger partial charge in [-0.3, -0.25) is 9.36 Å². The SMILES string of the molecule is CCOc1cccc(P=O)c1C(=O)c1c(C)cc(C)cc1C. The molecule has 2 aromatic carbocycles. The molecule has 0 spiro atoms. The van der Waals surface area contributed by atoms with Crippen LogP contribution in [0.4, 0.5) is 0 Å². The lowest BCUT2D eigenvalue weighted by Crippen LogP contribution is -2.16. The van der Waals surface area contributed by atoms with E-state index in [4.69, 9.17) is 4.74 Å². The molecule has 0 bridgehead atoms.